The highest BCUT2D eigenvalue weighted by molar-refractivity contribution is 8.15. The molecule has 7 heteroatoms. The molecule has 97 valence electrons. The van der Waals surface area contributed by atoms with Crippen LogP contribution >= 0.6 is 11.9 Å². The van der Waals surface area contributed by atoms with Crippen molar-refractivity contribution in [1.82, 2.24) is 0 Å². The van der Waals surface area contributed by atoms with Crippen LogP contribution < -0.4 is 0 Å². The Bertz CT molecular complexity index is 295. The maximum atomic E-state index is 9.98. The summed E-state index contributed by atoms with van der Waals surface area (Å²) in [5.41, 5.74) is 0. The molecule has 1 N–H and O–H groups in total. The molecule has 2 aliphatic rings. The lowest BCUT2D eigenvalue weighted by Gasteiger charge is -2.26. The van der Waals surface area contributed by atoms with E-state index in [9.17, 15) is 5.11 Å². The van der Waals surface area contributed by atoms with Crippen LogP contribution in [0, 0.1) is 5.92 Å². The molecular formula is C10H18BO5S. The third-order valence-corrected chi connectivity index (χ3v) is 3.37. The lowest BCUT2D eigenvalue weighted by atomic mass is 9.97. The monoisotopic (exact) mass is 263 g/mol. The average Bonchev–Trinajstić information content (AvgIpc) is 2.74. The van der Waals surface area contributed by atoms with Gasteiger partial charge in [0, 0.05) is 5.92 Å². The highest BCUT2D eigenvalue weighted by atomic mass is 32.2. The van der Waals surface area contributed by atoms with Gasteiger partial charge in [0.05, 0.1) is 12.7 Å². The molecule has 0 aromatic carbocycles. The zero-order chi connectivity index (χ0) is 13.3. The Labute approximate surface area is 108 Å². The van der Waals surface area contributed by atoms with Crippen LogP contribution in [0.1, 0.15) is 20.8 Å². The van der Waals surface area contributed by atoms with Crippen LogP contribution in [-0.2, 0) is 18.4 Å². The van der Waals surface area contributed by atoms with Gasteiger partial charge < -0.3 is 23.5 Å². The quantitative estimate of drug-likeness (QED) is 0.438. The normalized spacial score (nSPS) is 42.0. The SMILES string of the molecule is [3H][B]SOCC(O)[C@@H]1O[C@H]2OC(C)(C)OC2[C@H]1C. The predicted molar refractivity (Wildman–Crippen MR) is 64.6 cm³/mol. The summed E-state index contributed by atoms with van der Waals surface area (Å²) >= 11 is 0.881. The van der Waals surface area contributed by atoms with E-state index in [0.717, 1.165) is 19.0 Å². The second-order valence-electron chi connectivity index (χ2n) is 4.88. The second kappa shape index (κ2) is 5.07. The second-order valence-corrected chi connectivity index (χ2v) is 5.30. The molecule has 0 spiro atoms. The van der Waals surface area contributed by atoms with Crippen molar-refractivity contribution in [2.45, 2.75) is 51.2 Å². The van der Waals surface area contributed by atoms with Gasteiger partial charge in [-0.3, -0.25) is 0 Å². The molecule has 2 aliphatic heterocycles. The summed E-state index contributed by atoms with van der Waals surface area (Å²) in [4.78, 5) is 0. The summed E-state index contributed by atoms with van der Waals surface area (Å²) in [5.74, 6) is -0.605. The van der Waals surface area contributed by atoms with Crippen molar-refractivity contribution < 1.29 is 23.5 Å². The van der Waals surface area contributed by atoms with E-state index in [1.807, 2.05) is 20.8 Å². The van der Waals surface area contributed by atoms with Gasteiger partial charge in [0.15, 0.2) is 12.1 Å². The fraction of sp³-hybridized carbons (Fsp3) is 1.00. The minimum absolute atomic E-state index is 0.0281. The van der Waals surface area contributed by atoms with E-state index in [1.165, 1.54) is 0 Å². The number of fused-ring (bicyclic) bond motifs is 1. The van der Waals surface area contributed by atoms with Crippen molar-refractivity contribution in [2.75, 3.05) is 6.61 Å². The Morgan fingerprint density at radius 2 is 2.35 bits per heavy atom. The molecule has 0 aromatic heterocycles. The average molecular weight is 263 g/mol. The van der Waals surface area contributed by atoms with Crippen LogP contribution in [0.2, 0.25) is 0 Å². The third-order valence-electron chi connectivity index (χ3n) is 3.10. The zero-order valence-electron chi connectivity index (χ0n) is 11.2. The van der Waals surface area contributed by atoms with E-state index in [2.05, 4.69) is 0 Å². The van der Waals surface area contributed by atoms with E-state index in [0.29, 0.717) is 0 Å². The first-order valence-electron chi connectivity index (χ1n) is 6.20. The van der Waals surface area contributed by atoms with Crippen LogP contribution in [-0.4, -0.2) is 50.5 Å². The molecule has 0 saturated carbocycles. The molecule has 0 aromatic rings. The van der Waals surface area contributed by atoms with E-state index in [1.54, 1.807) is 0 Å². The van der Waals surface area contributed by atoms with Crippen LogP contribution in [0.5, 0.6) is 0 Å². The lowest BCUT2D eigenvalue weighted by Crippen LogP contribution is -2.37. The molecule has 2 heterocycles. The highest BCUT2D eigenvalue weighted by Crippen LogP contribution is 2.41. The van der Waals surface area contributed by atoms with Gasteiger partial charge in [0.1, 0.15) is 12.2 Å². The molecule has 0 bridgehead atoms. The van der Waals surface area contributed by atoms with Gasteiger partial charge in [0.2, 0.25) is 7.09 Å². The third kappa shape index (κ3) is 2.80. The molecule has 1 radical (unpaired) electrons. The van der Waals surface area contributed by atoms with Crippen molar-refractivity contribution in [2.24, 2.45) is 5.92 Å². The van der Waals surface area contributed by atoms with Gasteiger partial charge >= 0.3 is 0 Å². The largest absolute Gasteiger partial charge is 0.388 e. The first kappa shape index (κ1) is 12.3. The van der Waals surface area contributed by atoms with Crippen molar-refractivity contribution in [1.29, 1.82) is 1.34 Å². The number of hydrogen-bond acceptors (Lipinski definition) is 6. The molecule has 2 fully saturated rings. The first-order chi connectivity index (χ1) is 8.44. The molecule has 17 heavy (non-hydrogen) atoms. The number of aliphatic hydroxyl groups is 1. The standard InChI is InChI=1S/C10H18BO5S/c1-5-7(6(12)4-13-17-11)14-9-8(5)15-10(2,3)16-9/h5-9,11-12H,4H2,1-3H3/t5-,6?,7+,8?,9-/m0/s1/i11T. The lowest BCUT2D eigenvalue weighted by molar-refractivity contribution is -0.220. The Hall–Kier alpha value is 0.215. The maximum Gasteiger partial charge on any atom is 0.209 e. The molecule has 2 rings (SSSR count). The van der Waals surface area contributed by atoms with Gasteiger partial charge in [-0.1, -0.05) is 18.8 Å². The van der Waals surface area contributed by atoms with E-state index in [4.69, 9.17) is 19.7 Å². The highest BCUT2D eigenvalue weighted by Gasteiger charge is 2.54. The Balaban J connectivity index is 1.87. The molecule has 5 atom stereocenters. The molecule has 2 saturated heterocycles. The van der Waals surface area contributed by atoms with Crippen LogP contribution in [0.25, 0.3) is 0 Å². The van der Waals surface area contributed by atoms with Crippen molar-refractivity contribution in [3.05, 3.63) is 0 Å². The molecule has 0 amide bonds. The van der Waals surface area contributed by atoms with E-state index >= 15 is 0 Å². The summed E-state index contributed by atoms with van der Waals surface area (Å²) in [7, 11) is 1.06. The summed E-state index contributed by atoms with van der Waals surface area (Å²) in [5, 5.41) is 9.98. The van der Waals surface area contributed by atoms with Gasteiger partial charge in [-0.2, -0.15) is 0 Å². The Morgan fingerprint density at radius 1 is 1.59 bits per heavy atom. The Morgan fingerprint density at radius 3 is 3.00 bits per heavy atom. The van der Waals surface area contributed by atoms with Gasteiger partial charge in [-0.05, 0) is 15.2 Å². The number of hydrogen-bond donors (Lipinski definition) is 1. The van der Waals surface area contributed by atoms with Gasteiger partial charge in [-0.25, -0.2) is 0 Å². The van der Waals surface area contributed by atoms with Crippen molar-refractivity contribution >= 4 is 19.0 Å². The van der Waals surface area contributed by atoms with E-state index < -0.39 is 18.2 Å². The van der Waals surface area contributed by atoms with Gasteiger partial charge in [-0.15, -0.1) is 0 Å². The number of ether oxygens (including phenoxy) is 3. The summed E-state index contributed by atoms with van der Waals surface area (Å²) in [6, 6.07) is 0. The van der Waals surface area contributed by atoms with Crippen LogP contribution in [0.4, 0.5) is 0 Å². The number of rotatable bonds is 5. The van der Waals surface area contributed by atoms with Crippen LogP contribution in [0.15, 0.2) is 0 Å². The fourth-order valence-electron chi connectivity index (χ4n) is 2.33. The van der Waals surface area contributed by atoms with Crippen LogP contribution in [0.3, 0.4) is 0 Å². The smallest absolute Gasteiger partial charge is 0.209 e. The summed E-state index contributed by atoms with van der Waals surface area (Å²) in [6.45, 7) is 5.76. The zero-order valence-corrected chi connectivity index (χ0v) is 11.0. The fourth-order valence-corrected chi connectivity index (χ4v) is 2.55. The van der Waals surface area contributed by atoms with Crippen molar-refractivity contribution in [3.8, 4) is 0 Å². The predicted octanol–water partition coefficient (Wildman–Crippen LogP) is 0.340. The molecular weight excluding hydrogens is 243 g/mol. The Kier molecular flexibility index (Phi) is 3.65. The molecule has 2 unspecified atom stereocenters. The number of aliphatic hydroxyl groups excluding tert-OH is 1. The molecule has 0 aliphatic carbocycles. The minimum atomic E-state index is -0.756. The van der Waals surface area contributed by atoms with E-state index in [-0.39, 0.29) is 24.7 Å². The summed E-state index contributed by atoms with van der Waals surface area (Å²) < 4.78 is 28.9. The minimum Gasteiger partial charge on any atom is -0.388 e. The first-order valence-corrected chi connectivity index (χ1v) is 6.42. The molecule has 5 nitrogen and oxygen atoms in total. The van der Waals surface area contributed by atoms with Gasteiger partial charge in [0.25, 0.3) is 0 Å². The maximum absolute atomic E-state index is 9.98. The topological polar surface area (TPSA) is 57.2 Å². The summed E-state index contributed by atoms with van der Waals surface area (Å²) in [6.07, 6.45) is -1.71. The van der Waals surface area contributed by atoms with Crippen molar-refractivity contribution in [3.63, 3.8) is 0 Å².